The quantitative estimate of drug-likeness (QED) is 0.403. The van der Waals surface area contributed by atoms with E-state index in [2.05, 4.69) is 45.0 Å². The Morgan fingerprint density at radius 1 is 1.08 bits per heavy atom. The molecule has 0 radical (unpaired) electrons. The van der Waals surface area contributed by atoms with E-state index in [1.807, 2.05) is 0 Å². The smallest absolute Gasteiger partial charge is 0.146 e. The van der Waals surface area contributed by atoms with E-state index in [1.165, 1.54) is 16.7 Å². The van der Waals surface area contributed by atoms with Crippen molar-refractivity contribution in [2.24, 2.45) is 28.1 Å². The average Bonchev–Trinajstić information content (AvgIpc) is 3.12. The summed E-state index contributed by atoms with van der Waals surface area (Å²) in [6.45, 7) is 7.28. The Morgan fingerprint density at radius 2 is 1.92 bits per heavy atom. The molecular weight excluding hydrogens is 452 g/mol. The van der Waals surface area contributed by atoms with Crippen LogP contribution in [0.25, 0.3) is 0 Å². The molecule has 1 saturated heterocycles. The fourth-order valence-electron chi connectivity index (χ4n) is 10.2. The van der Waals surface area contributed by atoms with E-state index in [-0.39, 0.29) is 22.2 Å². The van der Waals surface area contributed by atoms with Crippen LogP contribution in [-0.2, 0) is 21.0 Å². The summed E-state index contributed by atoms with van der Waals surface area (Å²) in [5, 5.41) is 12.8. The zero-order valence-electron chi connectivity index (χ0n) is 22.2. The molecule has 1 N–H and O–H groups in total. The fourth-order valence-corrected chi connectivity index (χ4v) is 10.2. The van der Waals surface area contributed by atoms with Crippen molar-refractivity contribution in [1.82, 2.24) is 0 Å². The highest BCUT2D eigenvalue weighted by Crippen LogP contribution is 2.73. The zero-order valence-corrected chi connectivity index (χ0v) is 22.2. The zero-order chi connectivity index (χ0) is 25.1. The molecule has 4 fully saturated rings. The van der Waals surface area contributed by atoms with Gasteiger partial charge in [-0.05, 0) is 98.3 Å². The number of hydrogen-bond acceptors (Lipinski definition) is 5. The van der Waals surface area contributed by atoms with Crippen molar-refractivity contribution in [1.29, 1.82) is 0 Å². The maximum absolute atomic E-state index is 13.2. The summed E-state index contributed by atoms with van der Waals surface area (Å²) in [7, 11) is 1.72. The summed E-state index contributed by atoms with van der Waals surface area (Å²) < 4.78 is 5.64. The maximum atomic E-state index is 13.2. The molecule has 7 atom stereocenters. The third-order valence-corrected chi connectivity index (χ3v) is 11.5. The van der Waals surface area contributed by atoms with E-state index < -0.39 is 11.2 Å². The van der Waals surface area contributed by atoms with Gasteiger partial charge in [-0.2, -0.15) is 0 Å². The second kappa shape index (κ2) is 7.24. The number of hydrogen-bond donors (Lipinski definition) is 1. The number of carbonyl (C=O) groups excluding carboxylic acids is 1. The van der Waals surface area contributed by atoms with Crippen molar-refractivity contribution in [3.8, 4) is 5.75 Å². The number of ketones is 1. The number of methoxy groups -OCH3 is 1. The number of ether oxygens (including phenoxy) is 1. The summed E-state index contributed by atoms with van der Waals surface area (Å²) in [4.78, 5) is 25.0. The van der Waals surface area contributed by atoms with Gasteiger partial charge in [0.1, 0.15) is 17.1 Å². The normalized spacial score (nSPS) is 46.3. The van der Waals surface area contributed by atoms with Gasteiger partial charge in [0.2, 0.25) is 0 Å². The minimum Gasteiger partial charge on any atom is -0.497 e. The topological polar surface area (TPSA) is 65.0 Å². The number of carbonyl (C=O) groups is 1. The van der Waals surface area contributed by atoms with E-state index >= 15 is 0 Å². The van der Waals surface area contributed by atoms with Gasteiger partial charge in [-0.1, -0.05) is 31.6 Å². The Bertz CT molecular complexity index is 1170. The molecular formula is C31H40O5. The van der Waals surface area contributed by atoms with E-state index in [0.29, 0.717) is 37.1 Å². The first-order valence-corrected chi connectivity index (χ1v) is 14.0. The number of rotatable bonds is 1. The van der Waals surface area contributed by atoms with Crippen LogP contribution >= 0.6 is 0 Å². The van der Waals surface area contributed by atoms with Crippen LogP contribution < -0.4 is 4.74 Å². The van der Waals surface area contributed by atoms with E-state index in [0.717, 1.165) is 50.7 Å². The molecule has 0 amide bonds. The van der Waals surface area contributed by atoms with Gasteiger partial charge < -0.3 is 9.84 Å². The number of allylic oxidation sites excluding steroid dienone is 2. The van der Waals surface area contributed by atoms with Gasteiger partial charge in [0, 0.05) is 23.7 Å². The van der Waals surface area contributed by atoms with Crippen LogP contribution in [0, 0.1) is 28.1 Å². The monoisotopic (exact) mass is 492 g/mol. The molecule has 5 aliphatic carbocycles. The third-order valence-electron chi connectivity index (χ3n) is 11.5. The van der Waals surface area contributed by atoms with E-state index in [9.17, 15) is 9.90 Å². The molecule has 194 valence electrons. The Kier molecular flexibility index (Phi) is 4.71. The Labute approximate surface area is 214 Å². The predicted molar refractivity (Wildman–Crippen MR) is 135 cm³/mol. The first-order valence-electron chi connectivity index (χ1n) is 14.0. The SMILES string of the molecule is COc1ccc2c(c1)C[C@]13CCC4(CC(C)(C)COO4)C[C@]1(O)CC[C@H]1C4=CCC(=O)[C@@]4(C)C[C@H]2[C@@H]13. The van der Waals surface area contributed by atoms with E-state index in [1.54, 1.807) is 7.11 Å². The summed E-state index contributed by atoms with van der Waals surface area (Å²) in [6.07, 6.45) is 9.63. The standard InChI is InChI=1S/C31H40O5/c1-27(2)16-29(36-35-18-27)11-12-30-14-19-13-20(34-4)5-6-21(19)23-15-28(3)24(7-8-25(28)32)22(26(23)30)9-10-31(30,33)17-29/h5-7,13,22-23,26,33H,8-12,14-18H2,1-4H3/t22-,23+,26+,28-,29?,30-,31+/m0/s1. The van der Waals surface area contributed by atoms with Gasteiger partial charge in [0.05, 0.1) is 19.3 Å². The highest BCUT2D eigenvalue weighted by atomic mass is 17.2. The van der Waals surface area contributed by atoms with E-state index in [4.69, 9.17) is 14.5 Å². The summed E-state index contributed by atoms with van der Waals surface area (Å²) in [6, 6.07) is 6.53. The molecule has 3 saturated carbocycles. The lowest BCUT2D eigenvalue weighted by Gasteiger charge is -2.69. The molecule has 2 spiro atoms. The van der Waals surface area contributed by atoms with Crippen LogP contribution in [0.2, 0.25) is 0 Å². The van der Waals surface area contributed by atoms with Gasteiger partial charge in [0.15, 0.2) is 0 Å². The highest BCUT2D eigenvalue weighted by Gasteiger charge is 2.71. The van der Waals surface area contributed by atoms with Crippen LogP contribution in [0.3, 0.4) is 0 Å². The number of Topliss-reactive ketones (excluding diaryl/α,β-unsaturated/α-hetero) is 1. The van der Waals surface area contributed by atoms with Gasteiger partial charge in [0.25, 0.3) is 0 Å². The Balaban J connectivity index is 1.37. The number of aliphatic hydroxyl groups is 1. The van der Waals surface area contributed by atoms with Crippen molar-refractivity contribution < 1.29 is 24.4 Å². The van der Waals surface area contributed by atoms with Crippen molar-refractivity contribution in [3.63, 3.8) is 0 Å². The highest BCUT2D eigenvalue weighted by molar-refractivity contribution is 5.92. The number of fused-ring (bicyclic) bond motifs is 4. The van der Waals surface area contributed by atoms with Crippen LogP contribution in [0.1, 0.15) is 89.2 Å². The lowest BCUT2D eigenvalue weighted by atomic mass is 9.37. The summed E-state index contributed by atoms with van der Waals surface area (Å²) in [5.41, 5.74) is 2.25. The molecule has 7 rings (SSSR count). The minimum atomic E-state index is -0.820. The van der Waals surface area contributed by atoms with Crippen LogP contribution in [0.4, 0.5) is 0 Å². The second-order valence-corrected chi connectivity index (χ2v) is 14.1. The van der Waals surface area contributed by atoms with Gasteiger partial charge in [-0.15, -0.1) is 0 Å². The Morgan fingerprint density at radius 3 is 2.69 bits per heavy atom. The second-order valence-electron chi connectivity index (χ2n) is 14.1. The van der Waals surface area contributed by atoms with Crippen molar-refractivity contribution in [2.45, 2.75) is 95.7 Å². The van der Waals surface area contributed by atoms with Gasteiger partial charge >= 0.3 is 0 Å². The molecule has 0 aromatic heterocycles. The average molecular weight is 493 g/mol. The van der Waals surface area contributed by atoms with Crippen molar-refractivity contribution >= 4 is 5.78 Å². The van der Waals surface area contributed by atoms with Gasteiger partial charge in [-0.3, -0.25) is 4.79 Å². The molecule has 1 heterocycles. The van der Waals surface area contributed by atoms with Crippen molar-refractivity contribution in [3.05, 3.63) is 41.0 Å². The first kappa shape index (κ1) is 23.4. The van der Waals surface area contributed by atoms with Crippen LogP contribution in [0.5, 0.6) is 5.75 Å². The molecule has 6 aliphatic rings. The summed E-state index contributed by atoms with van der Waals surface area (Å²) in [5.74, 6) is 2.23. The molecule has 1 unspecified atom stereocenters. The lowest BCUT2D eigenvalue weighted by molar-refractivity contribution is -0.425. The molecule has 1 aromatic carbocycles. The molecule has 5 nitrogen and oxygen atoms in total. The third kappa shape index (κ3) is 2.91. The molecule has 1 aliphatic heterocycles. The molecule has 1 aromatic rings. The minimum absolute atomic E-state index is 0.0348. The Hall–Kier alpha value is -1.69. The fraction of sp³-hybridized carbons (Fsp3) is 0.710. The van der Waals surface area contributed by atoms with Crippen LogP contribution in [-0.4, -0.2) is 35.8 Å². The van der Waals surface area contributed by atoms with Crippen LogP contribution in [0.15, 0.2) is 29.8 Å². The van der Waals surface area contributed by atoms with Gasteiger partial charge in [-0.25, -0.2) is 9.78 Å². The molecule has 5 heteroatoms. The maximum Gasteiger partial charge on any atom is 0.146 e. The molecule has 0 bridgehead atoms. The largest absolute Gasteiger partial charge is 0.497 e. The molecule has 36 heavy (non-hydrogen) atoms. The summed E-state index contributed by atoms with van der Waals surface area (Å²) >= 11 is 0. The predicted octanol–water partition coefficient (Wildman–Crippen LogP) is 5.69. The lowest BCUT2D eigenvalue weighted by Crippen LogP contribution is -2.69. The number of benzene rings is 1. The van der Waals surface area contributed by atoms with Crippen molar-refractivity contribution in [2.75, 3.05) is 13.7 Å². The first-order chi connectivity index (χ1) is 17.0.